The molecule has 2 aromatic carbocycles. The van der Waals surface area contributed by atoms with Gasteiger partial charge in [-0.2, -0.15) is 0 Å². The van der Waals surface area contributed by atoms with Gasteiger partial charge in [0.15, 0.2) is 0 Å². The van der Waals surface area contributed by atoms with Gasteiger partial charge in [0, 0.05) is 25.1 Å². The third-order valence-electron chi connectivity index (χ3n) is 4.48. The van der Waals surface area contributed by atoms with E-state index in [-0.39, 0.29) is 22.4 Å². The summed E-state index contributed by atoms with van der Waals surface area (Å²) >= 11 is 0. The standard InChI is InChI=1S/C21H23F2NO4/c1-4-24(5-2)9-8-14-10-15(17-7-6-16(22)12-19(17)23)11-18(21(26)27)20(14)28-13(3)25/h6-7,10-12H,4-5,8-9H2,1-3H3,(H,26,27). The minimum Gasteiger partial charge on any atom is -0.478 e. The first-order valence-corrected chi connectivity index (χ1v) is 9.03. The van der Waals surface area contributed by atoms with Gasteiger partial charge in [-0.05, 0) is 54.9 Å². The Hall–Kier alpha value is -2.80. The molecule has 1 N–H and O–H groups in total. The number of esters is 1. The SMILES string of the molecule is CCN(CC)CCc1cc(-c2ccc(F)cc2F)cc(C(=O)O)c1OC(C)=O. The first kappa shape index (κ1) is 21.5. The van der Waals surface area contributed by atoms with Gasteiger partial charge in [0.25, 0.3) is 0 Å². The number of hydrogen-bond donors (Lipinski definition) is 1. The number of benzene rings is 2. The van der Waals surface area contributed by atoms with Crippen LogP contribution in [0.15, 0.2) is 30.3 Å². The maximum absolute atomic E-state index is 14.3. The Morgan fingerprint density at radius 1 is 1.11 bits per heavy atom. The van der Waals surface area contributed by atoms with Crippen LogP contribution in [0, 0.1) is 11.6 Å². The molecule has 0 bridgehead atoms. The molecule has 150 valence electrons. The van der Waals surface area contributed by atoms with Crippen LogP contribution in [-0.2, 0) is 11.2 Å². The number of hydrogen-bond acceptors (Lipinski definition) is 4. The molecule has 0 aliphatic rings. The quantitative estimate of drug-likeness (QED) is 0.541. The molecule has 2 rings (SSSR count). The number of rotatable bonds is 8. The fourth-order valence-electron chi connectivity index (χ4n) is 3.00. The van der Waals surface area contributed by atoms with Crippen LogP contribution in [-0.4, -0.2) is 41.6 Å². The second kappa shape index (κ2) is 9.41. The first-order valence-electron chi connectivity index (χ1n) is 9.03. The molecule has 5 nitrogen and oxygen atoms in total. The van der Waals surface area contributed by atoms with Gasteiger partial charge in [-0.1, -0.05) is 13.8 Å². The van der Waals surface area contributed by atoms with Crippen molar-refractivity contribution in [2.75, 3.05) is 19.6 Å². The fourth-order valence-corrected chi connectivity index (χ4v) is 3.00. The van der Waals surface area contributed by atoms with Crippen LogP contribution in [0.2, 0.25) is 0 Å². The van der Waals surface area contributed by atoms with Gasteiger partial charge >= 0.3 is 11.9 Å². The highest BCUT2D eigenvalue weighted by Gasteiger charge is 2.21. The molecule has 0 aliphatic carbocycles. The lowest BCUT2D eigenvalue weighted by atomic mass is 9.96. The van der Waals surface area contributed by atoms with Crippen LogP contribution in [0.5, 0.6) is 5.75 Å². The second-order valence-corrected chi connectivity index (χ2v) is 6.31. The number of ether oxygens (including phenoxy) is 1. The molecule has 2 aromatic rings. The lowest BCUT2D eigenvalue weighted by Gasteiger charge is -2.20. The lowest BCUT2D eigenvalue weighted by molar-refractivity contribution is -0.131. The Kier molecular flexibility index (Phi) is 7.23. The summed E-state index contributed by atoms with van der Waals surface area (Å²) in [6, 6.07) is 5.92. The second-order valence-electron chi connectivity index (χ2n) is 6.31. The van der Waals surface area contributed by atoms with E-state index in [4.69, 9.17) is 4.74 Å². The Morgan fingerprint density at radius 2 is 1.79 bits per heavy atom. The van der Waals surface area contributed by atoms with Crippen molar-refractivity contribution >= 4 is 11.9 Å². The Bertz CT molecular complexity index is 879. The van der Waals surface area contributed by atoms with E-state index in [1.807, 2.05) is 13.8 Å². The molecule has 0 aliphatic heterocycles. The number of aromatic carboxylic acids is 1. The molecule has 0 atom stereocenters. The molecule has 0 spiro atoms. The number of carbonyl (C=O) groups excluding carboxylic acids is 1. The zero-order chi connectivity index (χ0) is 20.8. The van der Waals surface area contributed by atoms with Crippen LogP contribution >= 0.6 is 0 Å². The van der Waals surface area contributed by atoms with E-state index < -0.39 is 23.6 Å². The van der Waals surface area contributed by atoms with Crippen molar-refractivity contribution in [3.05, 3.63) is 53.1 Å². The number of halogens is 2. The molecule has 0 amide bonds. The Morgan fingerprint density at radius 3 is 2.32 bits per heavy atom. The Balaban J connectivity index is 2.61. The molecule has 28 heavy (non-hydrogen) atoms. The predicted octanol–water partition coefficient (Wildman–Crippen LogP) is 4.14. The summed E-state index contributed by atoms with van der Waals surface area (Å²) in [7, 11) is 0. The Labute approximate surface area is 162 Å². The van der Waals surface area contributed by atoms with Crippen LogP contribution < -0.4 is 4.74 Å². The monoisotopic (exact) mass is 391 g/mol. The van der Waals surface area contributed by atoms with Crippen molar-refractivity contribution in [3.8, 4) is 16.9 Å². The molecule has 0 saturated carbocycles. The van der Waals surface area contributed by atoms with Crippen molar-refractivity contribution in [2.24, 2.45) is 0 Å². The molecular formula is C21H23F2NO4. The third-order valence-corrected chi connectivity index (χ3v) is 4.48. The molecule has 0 heterocycles. The average Bonchev–Trinajstić information content (AvgIpc) is 2.63. The zero-order valence-corrected chi connectivity index (χ0v) is 16.1. The third kappa shape index (κ3) is 5.13. The lowest BCUT2D eigenvalue weighted by Crippen LogP contribution is -2.25. The van der Waals surface area contributed by atoms with Crippen LogP contribution in [0.1, 0.15) is 36.7 Å². The molecular weight excluding hydrogens is 368 g/mol. The summed E-state index contributed by atoms with van der Waals surface area (Å²) in [6.45, 7) is 7.41. The van der Waals surface area contributed by atoms with Gasteiger partial charge in [-0.15, -0.1) is 0 Å². The van der Waals surface area contributed by atoms with E-state index in [9.17, 15) is 23.5 Å². The highest BCUT2D eigenvalue weighted by molar-refractivity contribution is 5.94. The molecule has 0 saturated heterocycles. The van der Waals surface area contributed by atoms with Crippen LogP contribution in [0.25, 0.3) is 11.1 Å². The number of likely N-dealkylation sites (N-methyl/N-ethyl adjacent to an activating group) is 1. The van der Waals surface area contributed by atoms with Crippen molar-refractivity contribution in [3.63, 3.8) is 0 Å². The van der Waals surface area contributed by atoms with Crippen molar-refractivity contribution in [1.29, 1.82) is 0 Å². The fraction of sp³-hybridized carbons (Fsp3) is 0.333. The van der Waals surface area contributed by atoms with Crippen molar-refractivity contribution < 1.29 is 28.2 Å². The topological polar surface area (TPSA) is 66.8 Å². The summed E-state index contributed by atoms with van der Waals surface area (Å²) in [5.74, 6) is -3.51. The molecule has 0 unspecified atom stereocenters. The highest BCUT2D eigenvalue weighted by Crippen LogP contribution is 2.33. The average molecular weight is 391 g/mol. The summed E-state index contributed by atoms with van der Waals surface area (Å²) in [6.07, 6.45) is 0.404. The van der Waals surface area contributed by atoms with Gasteiger partial charge in [0.2, 0.25) is 0 Å². The number of carbonyl (C=O) groups is 2. The summed E-state index contributed by atoms with van der Waals surface area (Å²) < 4.78 is 32.7. The van der Waals surface area contributed by atoms with E-state index in [1.54, 1.807) is 6.07 Å². The number of carboxylic acid groups (broad SMARTS) is 1. The smallest absolute Gasteiger partial charge is 0.339 e. The minimum absolute atomic E-state index is 0.0431. The van der Waals surface area contributed by atoms with Gasteiger partial charge < -0.3 is 14.7 Å². The number of carboxylic acids is 1. The largest absolute Gasteiger partial charge is 0.478 e. The van der Waals surface area contributed by atoms with Gasteiger partial charge in [0.1, 0.15) is 22.9 Å². The molecule has 7 heteroatoms. The summed E-state index contributed by atoms with van der Waals surface area (Å²) in [4.78, 5) is 25.4. The summed E-state index contributed by atoms with van der Waals surface area (Å²) in [5.41, 5.74) is 0.578. The number of nitrogens with zero attached hydrogens (tertiary/aromatic N) is 1. The van der Waals surface area contributed by atoms with Gasteiger partial charge in [0.05, 0.1) is 0 Å². The zero-order valence-electron chi connectivity index (χ0n) is 16.1. The normalized spacial score (nSPS) is 10.9. The van der Waals surface area contributed by atoms with Gasteiger partial charge in [-0.3, -0.25) is 4.79 Å². The van der Waals surface area contributed by atoms with Crippen LogP contribution in [0.3, 0.4) is 0 Å². The van der Waals surface area contributed by atoms with E-state index in [2.05, 4.69) is 4.90 Å². The van der Waals surface area contributed by atoms with Gasteiger partial charge in [-0.25, -0.2) is 13.6 Å². The first-order chi connectivity index (χ1) is 13.3. The maximum Gasteiger partial charge on any atom is 0.339 e. The highest BCUT2D eigenvalue weighted by atomic mass is 19.1. The van der Waals surface area contributed by atoms with Crippen LogP contribution in [0.4, 0.5) is 8.78 Å². The maximum atomic E-state index is 14.3. The molecule has 0 fully saturated rings. The van der Waals surface area contributed by atoms with Crippen molar-refractivity contribution in [2.45, 2.75) is 27.2 Å². The van der Waals surface area contributed by atoms with E-state index in [1.165, 1.54) is 19.1 Å². The van der Waals surface area contributed by atoms with E-state index in [0.29, 0.717) is 18.5 Å². The minimum atomic E-state index is -1.30. The summed E-state index contributed by atoms with van der Waals surface area (Å²) in [5, 5.41) is 9.60. The molecule has 0 aromatic heterocycles. The van der Waals surface area contributed by atoms with E-state index >= 15 is 0 Å². The predicted molar refractivity (Wildman–Crippen MR) is 102 cm³/mol. The van der Waals surface area contributed by atoms with E-state index in [0.717, 1.165) is 25.2 Å². The molecule has 0 radical (unpaired) electrons. The van der Waals surface area contributed by atoms with Crippen molar-refractivity contribution in [1.82, 2.24) is 4.90 Å².